The first-order valence-electron chi connectivity index (χ1n) is 11.4. The van der Waals surface area contributed by atoms with Crippen molar-refractivity contribution >= 4 is 23.3 Å². The number of hydrogen-bond donors (Lipinski definition) is 2. The lowest BCUT2D eigenvalue weighted by atomic mass is 10.1. The summed E-state index contributed by atoms with van der Waals surface area (Å²) in [5.41, 5.74) is 2.08. The van der Waals surface area contributed by atoms with Crippen LogP contribution in [0.1, 0.15) is 47.5 Å². The molecule has 4 rings (SSSR count). The fourth-order valence-corrected chi connectivity index (χ4v) is 3.76. The Kier molecular flexibility index (Phi) is 7.67. The number of nitrogens with zero attached hydrogens (tertiary/aromatic N) is 1. The van der Waals surface area contributed by atoms with Crippen molar-refractivity contribution in [1.82, 2.24) is 10.3 Å². The summed E-state index contributed by atoms with van der Waals surface area (Å²) in [5.74, 6) is -0.324. The number of halogens is 1. The van der Waals surface area contributed by atoms with Gasteiger partial charge in [0.1, 0.15) is 23.4 Å². The molecule has 2 heterocycles. The second-order valence-electron chi connectivity index (χ2n) is 8.27. The van der Waals surface area contributed by atoms with E-state index in [4.69, 9.17) is 9.15 Å². The van der Waals surface area contributed by atoms with Gasteiger partial charge in [-0.1, -0.05) is 12.1 Å². The van der Waals surface area contributed by atoms with Gasteiger partial charge in [-0.15, -0.1) is 0 Å². The second kappa shape index (κ2) is 11.1. The summed E-state index contributed by atoms with van der Waals surface area (Å²) >= 11 is 0. The lowest BCUT2D eigenvalue weighted by molar-refractivity contribution is -0.124. The lowest BCUT2D eigenvalue weighted by Gasteiger charge is -2.12. The Balaban J connectivity index is 1.35. The van der Waals surface area contributed by atoms with Crippen molar-refractivity contribution < 1.29 is 27.9 Å². The number of rotatable bonds is 9. The van der Waals surface area contributed by atoms with Crippen molar-refractivity contribution in [3.05, 3.63) is 71.4 Å². The fourth-order valence-electron chi connectivity index (χ4n) is 3.76. The van der Waals surface area contributed by atoms with Crippen molar-refractivity contribution in [3.8, 4) is 11.5 Å². The van der Waals surface area contributed by atoms with Crippen LogP contribution < -0.4 is 10.6 Å². The molecule has 1 aliphatic rings. The minimum absolute atomic E-state index is 0.00192. The molecule has 8 nitrogen and oxygen atoms in total. The van der Waals surface area contributed by atoms with Gasteiger partial charge in [0.05, 0.1) is 17.8 Å². The number of oxazole rings is 1. The zero-order valence-corrected chi connectivity index (χ0v) is 19.3. The number of hydrogen-bond acceptors (Lipinski definition) is 6. The van der Waals surface area contributed by atoms with Gasteiger partial charge >= 0.3 is 0 Å². The predicted molar refractivity (Wildman–Crippen MR) is 126 cm³/mol. The van der Waals surface area contributed by atoms with Gasteiger partial charge in [0, 0.05) is 25.0 Å². The number of benzene rings is 2. The molecule has 2 amide bonds. The van der Waals surface area contributed by atoms with Gasteiger partial charge in [-0.05, 0) is 56.2 Å². The number of carbonyl (C=O) groups is 3. The number of aryl methyl sites for hydroxylation is 1. The van der Waals surface area contributed by atoms with Crippen LogP contribution >= 0.6 is 0 Å². The molecule has 9 heteroatoms. The van der Waals surface area contributed by atoms with Crippen LogP contribution in [0.15, 0.2) is 52.9 Å². The van der Waals surface area contributed by atoms with Gasteiger partial charge in [-0.2, -0.15) is 0 Å². The van der Waals surface area contributed by atoms with Gasteiger partial charge in [-0.3, -0.25) is 14.4 Å². The molecule has 35 heavy (non-hydrogen) atoms. The number of ketones is 1. The Bertz CT molecular complexity index is 1220. The van der Waals surface area contributed by atoms with Crippen molar-refractivity contribution in [1.29, 1.82) is 0 Å². The Morgan fingerprint density at radius 3 is 2.60 bits per heavy atom. The number of para-hydroxylation sites is 1. The molecule has 1 aromatic heterocycles. The van der Waals surface area contributed by atoms with E-state index in [9.17, 15) is 18.8 Å². The highest BCUT2D eigenvalue weighted by molar-refractivity contribution is 5.98. The van der Waals surface area contributed by atoms with Crippen LogP contribution in [0.5, 0.6) is 0 Å². The van der Waals surface area contributed by atoms with Crippen molar-refractivity contribution in [2.75, 3.05) is 11.9 Å². The van der Waals surface area contributed by atoms with E-state index in [2.05, 4.69) is 15.6 Å². The van der Waals surface area contributed by atoms with Crippen LogP contribution in [0, 0.1) is 12.7 Å². The number of aromatic nitrogens is 1. The van der Waals surface area contributed by atoms with E-state index < -0.39 is 11.9 Å². The Labute approximate surface area is 201 Å². The topological polar surface area (TPSA) is 111 Å². The van der Waals surface area contributed by atoms with Crippen LogP contribution in [0.2, 0.25) is 0 Å². The van der Waals surface area contributed by atoms with Gasteiger partial charge in [-0.25, -0.2) is 9.37 Å². The smallest absolute Gasteiger partial charge is 0.253 e. The summed E-state index contributed by atoms with van der Waals surface area (Å²) < 4.78 is 24.3. The number of nitrogens with one attached hydrogen (secondary N) is 2. The van der Waals surface area contributed by atoms with Crippen LogP contribution in [0.4, 0.5) is 10.1 Å². The predicted octanol–water partition coefficient (Wildman–Crippen LogP) is 4.19. The Morgan fingerprint density at radius 1 is 1.09 bits per heavy atom. The Morgan fingerprint density at radius 2 is 1.86 bits per heavy atom. The minimum Gasteiger partial charge on any atom is -0.441 e. The van der Waals surface area contributed by atoms with E-state index in [0.717, 1.165) is 6.42 Å². The molecule has 0 unspecified atom stereocenters. The van der Waals surface area contributed by atoms with Gasteiger partial charge in [0.15, 0.2) is 5.78 Å². The summed E-state index contributed by atoms with van der Waals surface area (Å²) in [4.78, 5) is 41.4. The van der Waals surface area contributed by atoms with Crippen LogP contribution in [0.25, 0.3) is 11.5 Å². The number of ether oxygens (including phenoxy) is 1. The Hall–Kier alpha value is -3.85. The minimum atomic E-state index is -0.463. The molecule has 0 spiro atoms. The molecule has 2 N–H and O–H groups in total. The molecule has 1 fully saturated rings. The van der Waals surface area contributed by atoms with Gasteiger partial charge in [0.2, 0.25) is 11.8 Å². The third kappa shape index (κ3) is 6.19. The highest BCUT2D eigenvalue weighted by atomic mass is 19.1. The number of amides is 2. The van der Waals surface area contributed by atoms with E-state index in [1.165, 1.54) is 24.3 Å². The molecular weight excluding hydrogens is 453 g/mol. The van der Waals surface area contributed by atoms with Crippen molar-refractivity contribution in [3.63, 3.8) is 0 Å². The van der Waals surface area contributed by atoms with E-state index in [1.807, 2.05) is 6.07 Å². The maximum atomic E-state index is 13.0. The molecular formula is C26H26FN3O5. The van der Waals surface area contributed by atoms with E-state index in [1.54, 1.807) is 25.1 Å². The van der Waals surface area contributed by atoms with Crippen LogP contribution in [-0.2, 0) is 20.9 Å². The zero-order valence-electron chi connectivity index (χ0n) is 19.3. The number of anilines is 1. The summed E-state index contributed by atoms with van der Waals surface area (Å²) in [6.45, 7) is 2.45. The SMILES string of the molecule is Cc1oc(-c2ccccc2NC(=O)[C@H]2CCCO2)nc1CNC(=O)CCC(=O)c1ccc(F)cc1. The highest BCUT2D eigenvalue weighted by Gasteiger charge is 2.25. The molecule has 3 aromatic rings. The normalized spacial score (nSPS) is 15.1. The van der Waals surface area contributed by atoms with Crippen LogP contribution in [0.3, 0.4) is 0 Å². The molecule has 1 aliphatic heterocycles. The standard InChI is InChI=1S/C26H26FN3O5/c1-16-21(15-28-24(32)13-12-22(31)17-8-10-18(27)11-9-17)30-26(35-16)19-5-2-3-6-20(19)29-25(33)23-7-4-14-34-23/h2-3,5-6,8-11,23H,4,7,12-15H2,1H3,(H,28,32)(H,29,33)/t23-/m1/s1. The summed E-state index contributed by atoms with van der Waals surface area (Å²) in [5, 5.41) is 5.63. The molecule has 0 radical (unpaired) electrons. The molecule has 2 aromatic carbocycles. The van der Waals surface area contributed by atoms with E-state index >= 15 is 0 Å². The quantitative estimate of drug-likeness (QED) is 0.446. The van der Waals surface area contributed by atoms with E-state index in [-0.39, 0.29) is 37.0 Å². The molecule has 1 atom stereocenters. The second-order valence-corrected chi connectivity index (χ2v) is 8.27. The molecule has 0 aliphatic carbocycles. The van der Waals surface area contributed by atoms with Crippen molar-refractivity contribution in [2.24, 2.45) is 0 Å². The zero-order chi connectivity index (χ0) is 24.8. The third-order valence-corrected chi connectivity index (χ3v) is 5.73. The first-order chi connectivity index (χ1) is 16.9. The largest absolute Gasteiger partial charge is 0.441 e. The molecule has 0 saturated carbocycles. The molecule has 0 bridgehead atoms. The monoisotopic (exact) mass is 479 g/mol. The fraction of sp³-hybridized carbons (Fsp3) is 0.308. The summed E-state index contributed by atoms with van der Waals surface area (Å²) in [7, 11) is 0. The lowest BCUT2D eigenvalue weighted by Crippen LogP contribution is -2.27. The average molecular weight is 480 g/mol. The summed E-state index contributed by atoms with van der Waals surface area (Å²) in [6.07, 6.45) is 1.09. The maximum Gasteiger partial charge on any atom is 0.253 e. The summed E-state index contributed by atoms with van der Waals surface area (Å²) in [6, 6.07) is 12.4. The highest BCUT2D eigenvalue weighted by Crippen LogP contribution is 2.29. The van der Waals surface area contributed by atoms with E-state index in [0.29, 0.717) is 47.2 Å². The molecule has 1 saturated heterocycles. The third-order valence-electron chi connectivity index (χ3n) is 5.73. The number of carbonyl (C=O) groups excluding carboxylic acids is 3. The molecule has 182 valence electrons. The first kappa shape index (κ1) is 24.3. The number of Topliss-reactive ketones (excluding diaryl/α,β-unsaturated/α-hetero) is 1. The van der Waals surface area contributed by atoms with Crippen molar-refractivity contribution in [2.45, 2.75) is 45.3 Å². The average Bonchev–Trinajstić information content (AvgIpc) is 3.52. The maximum absolute atomic E-state index is 13.0. The van der Waals surface area contributed by atoms with Gasteiger partial charge < -0.3 is 19.8 Å². The van der Waals surface area contributed by atoms with Gasteiger partial charge in [0.25, 0.3) is 5.91 Å². The van der Waals surface area contributed by atoms with Crippen LogP contribution in [-0.4, -0.2) is 35.3 Å². The first-order valence-corrected chi connectivity index (χ1v) is 11.4.